The lowest BCUT2D eigenvalue weighted by atomic mass is 9.95. The summed E-state index contributed by atoms with van der Waals surface area (Å²) in [5.74, 6) is 0.126. The first-order valence-corrected chi connectivity index (χ1v) is 10.1. The molecule has 6 atom stereocenters. The maximum absolute atomic E-state index is 12.6. The van der Waals surface area contributed by atoms with Gasteiger partial charge in [-0.15, -0.1) is 0 Å². The molecule has 0 aliphatic carbocycles. The van der Waals surface area contributed by atoms with Gasteiger partial charge in [-0.3, -0.25) is 4.79 Å². The van der Waals surface area contributed by atoms with Crippen LogP contribution in [0.3, 0.4) is 0 Å². The summed E-state index contributed by atoms with van der Waals surface area (Å²) in [5, 5.41) is 30.0. The molecule has 3 rings (SSSR count). The Morgan fingerprint density at radius 3 is 2.83 bits per heavy atom. The number of likely N-dealkylation sites (N-methyl/N-ethyl adjacent to an activating group) is 1. The van der Waals surface area contributed by atoms with E-state index in [4.69, 9.17) is 10.5 Å². The highest BCUT2D eigenvalue weighted by Gasteiger charge is 2.44. The number of nitrogens with one attached hydrogen (secondary N) is 4. The third-order valence-electron chi connectivity index (χ3n) is 5.32. The number of aliphatic hydroxyl groups excluding tert-OH is 2. The molecular formula is C18H30N8O4. The number of unbranched alkanes of at least 4 members (excludes halogenated alkanes) is 1. The van der Waals surface area contributed by atoms with E-state index in [2.05, 4.69) is 35.9 Å². The molecule has 1 amide bonds. The van der Waals surface area contributed by atoms with E-state index in [1.165, 1.54) is 12.7 Å². The third-order valence-corrected chi connectivity index (χ3v) is 5.32. The molecule has 0 bridgehead atoms. The minimum atomic E-state index is -1.30. The van der Waals surface area contributed by atoms with Crippen molar-refractivity contribution in [1.82, 2.24) is 30.6 Å². The SMILES string of the molecule is CN[C@H](CCCCN)C(=O)N[C@@H]1[C@@H](O)[C@H](O)[C@@H](Nc2ncnc3nc[nH]c23)O[C@H]1C. The van der Waals surface area contributed by atoms with Crippen LogP contribution in [0.15, 0.2) is 12.7 Å². The number of hydrogen-bond donors (Lipinski definition) is 7. The van der Waals surface area contributed by atoms with Crippen molar-refractivity contribution >= 4 is 22.9 Å². The summed E-state index contributed by atoms with van der Waals surface area (Å²) in [6.45, 7) is 2.30. The third kappa shape index (κ3) is 4.84. The quantitative estimate of drug-likeness (QED) is 0.233. The molecule has 0 aromatic carbocycles. The molecule has 166 valence electrons. The first kappa shape index (κ1) is 22.3. The molecule has 0 radical (unpaired) electrons. The predicted molar refractivity (Wildman–Crippen MR) is 109 cm³/mol. The molecule has 12 nitrogen and oxygen atoms in total. The number of nitrogens with zero attached hydrogens (tertiary/aromatic N) is 3. The monoisotopic (exact) mass is 422 g/mol. The van der Waals surface area contributed by atoms with E-state index in [1.807, 2.05) is 0 Å². The first-order valence-electron chi connectivity index (χ1n) is 10.1. The van der Waals surface area contributed by atoms with E-state index in [0.717, 1.165) is 12.8 Å². The van der Waals surface area contributed by atoms with E-state index in [-0.39, 0.29) is 5.91 Å². The lowest BCUT2D eigenvalue weighted by Gasteiger charge is -2.42. The summed E-state index contributed by atoms with van der Waals surface area (Å²) in [5.41, 5.74) is 6.53. The van der Waals surface area contributed by atoms with Gasteiger partial charge in [-0.1, -0.05) is 6.42 Å². The van der Waals surface area contributed by atoms with Crippen molar-refractivity contribution in [3.8, 4) is 0 Å². The Labute approximate surface area is 174 Å². The Balaban J connectivity index is 1.64. The van der Waals surface area contributed by atoms with Gasteiger partial charge in [-0.2, -0.15) is 0 Å². The maximum Gasteiger partial charge on any atom is 0.237 e. The number of carbonyl (C=O) groups is 1. The topological polar surface area (TPSA) is 183 Å². The van der Waals surface area contributed by atoms with Gasteiger partial charge >= 0.3 is 0 Å². The lowest BCUT2D eigenvalue weighted by Crippen LogP contribution is -2.65. The Bertz CT molecular complexity index is 833. The zero-order valence-electron chi connectivity index (χ0n) is 17.1. The zero-order valence-corrected chi connectivity index (χ0v) is 17.1. The molecule has 2 aromatic rings. The number of rotatable bonds is 9. The van der Waals surface area contributed by atoms with E-state index in [9.17, 15) is 15.0 Å². The summed E-state index contributed by atoms with van der Waals surface area (Å²) >= 11 is 0. The summed E-state index contributed by atoms with van der Waals surface area (Å²) < 4.78 is 5.86. The molecule has 0 saturated carbocycles. The van der Waals surface area contributed by atoms with Crippen molar-refractivity contribution in [2.75, 3.05) is 18.9 Å². The summed E-state index contributed by atoms with van der Waals surface area (Å²) in [6.07, 6.45) is 1.04. The van der Waals surface area contributed by atoms with Gasteiger partial charge in [-0.05, 0) is 33.4 Å². The van der Waals surface area contributed by atoms with Crippen LogP contribution < -0.4 is 21.7 Å². The number of nitrogens with two attached hydrogens (primary N) is 1. The fourth-order valence-corrected chi connectivity index (χ4v) is 3.56. The average molecular weight is 422 g/mol. The number of anilines is 1. The Morgan fingerprint density at radius 1 is 1.30 bits per heavy atom. The number of H-pyrrole nitrogens is 1. The van der Waals surface area contributed by atoms with Gasteiger partial charge in [0.2, 0.25) is 5.91 Å². The van der Waals surface area contributed by atoms with Crippen molar-refractivity contribution < 1.29 is 19.7 Å². The second kappa shape index (κ2) is 10.1. The number of aromatic nitrogens is 4. The minimum absolute atomic E-state index is 0.261. The van der Waals surface area contributed by atoms with E-state index in [1.54, 1.807) is 14.0 Å². The van der Waals surface area contributed by atoms with Crippen molar-refractivity contribution in [1.29, 1.82) is 0 Å². The summed E-state index contributed by atoms with van der Waals surface area (Å²) in [7, 11) is 1.70. The number of carbonyl (C=O) groups excluding carboxylic acids is 1. The van der Waals surface area contributed by atoms with Crippen molar-refractivity contribution in [3.63, 3.8) is 0 Å². The lowest BCUT2D eigenvalue weighted by molar-refractivity contribution is -0.173. The molecule has 0 unspecified atom stereocenters. The van der Waals surface area contributed by atoms with E-state index in [0.29, 0.717) is 29.9 Å². The first-order chi connectivity index (χ1) is 14.5. The Morgan fingerprint density at radius 2 is 2.10 bits per heavy atom. The number of amides is 1. The number of hydrogen-bond acceptors (Lipinski definition) is 10. The van der Waals surface area contributed by atoms with Gasteiger partial charge in [0.25, 0.3) is 0 Å². The number of fused-ring (bicyclic) bond motifs is 1. The van der Waals surface area contributed by atoms with Crippen LogP contribution in [0.5, 0.6) is 0 Å². The van der Waals surface area contributed by atoms with Crippen LogP contribution in [0.25, 0.3) is 11.2 Å². The van der Waals surface area contributed by atoms with Crippen molar-refractivity contribution in [2.45, 2.75) is 62.8 Å². The van der Waals surface area contributed by atoms with E-state index < -0.39 is 36.6 Å². The molecule has 1 saturated heterocycles. The van der Waals surface area contributed by atoms with Crippen LogP contribution in [0.1, 0.15) is 26.2 Å². The molecular weight excluding hydrogens is 392 g/mol. The highest BCUT2D eigenvalue weighted by Crippen LogP contribution is 2.24. The molecule has 30 heavy (non-hydrogen) atoms. The highest BCUT2D eigenvalue weighted by molar-refractivity contribution is 5.82. The molecule has 0 spiro atoms. The normalized spacial score (nSPS) is 27.7. The molecule has 8 N–H and O–H groups in total. The summed E-state index contributed by atoms with van der Waals surface area (Å²) in [6, 6.07) is -1.19. The molecule has 1 fully saturated rings. The van der Waals surface area contributed by atoms with Crippen LogP contribution in [0.2, 0.25) is 0 Å². The van der Waals surface area contributed by atoms with Crippen LogP contribution >= 0.6 is 0 Å². The van der Waals surface area contributed by atoms with Gasteiger partial charge in [0.05, 0.1) is 24.5 Å². The number of aliphatic hydroxyl groups is 2. The minimum Gasteiger partial charge on any atom is -0.388 e. The number of ether oxygens (including phenoxy) is 1. The Kier molecular flexibility index (Phi) is 7.50. The fourth-order valence-electron chi connectivity index (χ4n) is 3.56. The van der Waals surface area contributed by atoms with Gasteiger partial charge in [0.15, 0.2) is 17.7 Å². The van der Waals surface area contributed by atoms with Crippen molar-refractivity contribution in [2.24, 2.45) is 5.73 Å². The smallest absolute Gasteiger partial charge is 0.237 e. The summed E-state index contributed by atoms with van der Waals surface area (Å²) in [4.78, 5) is 27.8. The maximum atomic E-state index is 12.6. The van der Waals surface area contributed by atoms with Gasteiger partial charge in [0.1, 0.15) is 24.1 Å². The standard InChI is InChI=1S/C18H30N8O4/c1-9-11(25-17(29)10(20-2)5-3-4-6-19)13(27)14(28)18(30-9)26-16-12-15(22-7-21-12)23-8-24-16/h7-11,13-14,18,20,27-28H,3-6,19H2,1-2H3,(H,25,29)(H2,21,22,23,24,26)/t9-,10+,11-,13+,14-,18-/m0/s1. The van der Waals surface area contributed by atoms with E-state index >= 15 is 0 Å². The van der Waals surface area contributed by atoms with Crippen LogP contribution in [0.4, 0.5) is 5.82 Å². The van der Waals surface area contributed by atoms with Gasteiger partial charge in [-0.25, -0.2) is 15.0 Å². The number of aromatic amines is 1. The van der Waals surface area contributed by atoms with Gasteiger partial charge < -0.3 is 41.6 Å². The molecule has 3 heterocycles. The molecule has 1 aliphatic heterocycles. The second-order valence-electron chi connectivity index (χ2n) is 7.37. The number of imidazole rings is 1. The zero-order chi connectivity index (χ0) is 21.7. The van der Waals surface area contributed by atoms with Crippen molar-refractivity contribution in [3.05, 3.63) is 12.7 Å². The highest BCUT2D eigenvalue weighted by atomic mass is 16.5. The Hall–Kier alpha value is -2.38. The second-order valence-corrected chi connectivity index (χ2v) is 7.37. The largest absolute Gasteiger partial charge is 0.388 e. The molecule has 1 aliphatic rings. The van der Waals surface area contributed by atoms with Crippen LogP contribution in [0, 0.1) is 0 Å². The predicted octanol–water partition coefficient (Wildman–Crippen LogP) is -1.57. The van der Waals surface area contributed by atoms with Gasteiger partial charge in [0, 0.05) is 0 Å². The van der Waals surface area contributed by atoms with Crippen LogP contribution in [-0.2, 0) is 9.53 Å². The van der Waals surface area contributed by atoms with Crippen LogP contribution in [-0.4, -0.2) is 86.3 Å². The molecule has 2 aromatic heterocycles. The fraction of sp³-hybridized carbons (Fsp3) is 0.667. The molecule has 12 heteroatoms. The average Bonchev–Trinajstić information content (AvgIpc) is 3.22.